The minimum absolute atomic E-state index is 0.0254. The Kier molecular flexibility index (Phi) is 9.80. The van der Waals surface area contributed by atoms with Crippen LogP contribution in [0.5, 0.6) is 0 Å². The second kappa shape index (κ2) is 11.3. The average Bonchev–Trinajstić information content (AvgIpc) is 2.67. The van der Waals surface area contributed by atoms with E-state index in [0.717, 1.165) is 25.9 Å². The van der Waals surface area contributed by atoms with Gasteiger partial charge in [-0.05, 0) is 25.5 Å². The molecule has 0 aromatic carbocycles. The van der Waals surface area contributed by atoms with Crippen molar-refractivity contribution in [1.29, 1.82) is 0 Å². The Morgan fingerprint density at radius 3 is 2.68 bits per heavy atom. The smallest absolute Gasteiger partial charge is 0.224 e. The Hall–Kier alpha value is -0.0900. The molecule has 9 heteroatoms. The topological polar surface area (TPSA) is 108 Å². The lowest BCUT2D eigenvalue weighted by Gasteiger charge is -2.42. The number of piperidine rings is 1. The molecule has 164 valence electrons. The van der Waals surface area contributed by atoms with E-state index >= 15 is 0 Å². The number of ether oxygens (including phenoxy) is 1. The molecule has 2 fully saturated rings. The van der Waals surface area contributed by atoms with Crippen molar-refractivity contribution >= 4 is 29.3 Å². The van der Waals surface area contributed by atoms with Crippen LogP contribution in [-0.4, -0.2) is 88.6 Å². The zero-order chi connectivity index (χ0) is 20.8. The summed E-state index contributed by atoms with van der Waals surface area (Å²) in [7, 11) is 0. The number of carbonyl (C=O) groups excluding carboxylic acids is 1. The van der Waals surface area contributed by atoms with E-state index in [9.17, 15) is 15.0 Å². The summed E-state index contributed by atoms with van der Waals surface area (Å²) in [6, 6.07) is -0.434. The fourth-order valence-corrected chi connectivity index (χ4v) is 5.17. The van der Waals surface area contributed by atoms with Crippen LogP contribution in [0.2, 0.25) is 0 Å². The molecule has 0 aromatic rings. The summed E-state index contributed by atoms with van der Waals surface area (Å²) in [4.78, 5) is 15.3. The fourth-order valence-electron chi connectivity index (χ4n) is 4.23. The van der Waals surface area contributed by atoms with Gasteiger partial charge in [0.15, 0.2) is 0 Å². The van der Waals surface area contributed by atoms with Gasteiger partial charge in [-0.25, -0.2) is 0 Å². The monoisotopic (exact) mass is 437 g/mol. The summed E-state index contributed by atoms with van der Waals surface area (Å²) in [5, 5.41) is 23.0. The predicted octanol–water partition coefficient (Wildman–Crippen LogP) is 0.605. The summed E-state index contributed by atoms with van der Waals surface area (Å²) in [6.07, 6.45) is 1.66. The number of aliphatic hydroxyl groups excluding tert-OH is 2. The van der Waals surface area contributed by atoms with Gasteiger partial charge in [0.25, 0.3) is 0 Å². The number of nitrogens with zero attached hydrogens (tertiary/aromatic N) is 1. The van der Waals surface area contributed by atoms with Gasteiger partial charge in [0.05, 0.1) is 29.5 Å². The van der Waals surface area contributed by atoms with Crippen LogP contribution in [0, 0.1) is 11.8 Å². The highest BCUT2D eigenvalue weighted by Crippen LogP contribution is 2.30. The molecule has 7 nitrogen and oxygen atoms in total. The molecule has 0 aliphatic carbocycles. The number of hydrogen-bond acceptors (Lipinski definition) is 7. The third-order valence-electron chi connectivity index (χ3n) is 5.90. The molecule has 2 aliphatic rings. The number of rotatable bonds is 8. The van der Waals surface area contributed by atoms with E-state index in [1.165, 1.54) is 11.8 Å². The quantitative estimate of drug-likeness (QED) is 0.412. The second-order valence-corrected chi connectivity index (χ2v) is 9.66. The van der Waals surface area contributed by atoms with Gasteiger partial charge in [-0.2, -0.15) is 0 Å². The van der Waals surface area contributed by atoms with E-state index < -0.39 is 29.8 Å². The lowest BCUT2D eigenvalue weighted by molar-refractivity contribution is -0.149. The number of likely N-dealkylation sites (tertiary alicyclic amines) is 1. The van der Waals surface area contributed by atoms with E-state index in [4.69, 9.17) is 22.1 Å². The van der Waals surface area contributed by atoms with Gasteiger partial charge in [-0.15, -0.1) is 23.4 Å². The summed E-state index contributed by atoms with van der Waals surface area (Å²) in [5.41, 5.74) is 5.17. The van der Waals surface area contributed by atoms with Crippen LogP contribution in [0.15, 0.2) is 0 Å². The Morgan fingerprint density at radius 1 is 1.39 bits per heavy atom. The van der Waals surface area contributed by atoms with Crippen molar-refractivity contribution in [3.8, 4) is 0 Å². The van der Waals surface area contributed by atoms with Crippen molar-refractivity contribution in [3.05, 3.63) is 0 Å². The van der Waals surface area contributed by atoms with Crippen molar-refractivity contribution in [3.63, 3.8) is 0 Å². The summed E-state index contributed by atoms with van der Waals surface area (Å²) in [5.74, 6) is 0.341. The van der Waals surface area contributed by atoms with Gasteiger partial charge in [0.2, 0.25) is 5.91 Å². The predicted molar refractivity (Wildman–Crippen MR) is 113 cm³/mol. The van der Waals surface area contributed by atoms with Crippen LogP contribution in [0.25, 0.3) is 0 Å². The van der Waals surface area contributed by atoms with Crippen LogP contribution < -0.4 is 11.1 Å². The molecule has 1 amide bonds. The Labute approximate surface area is 177 Å². The zero-order valence-corrected chi connectivity index (χ0v) is 18.7. The molecule has 2 heterocycles. The second-order valence-electron chi connectivity index (χ2n) is 8.04. The first kappa shape index (κ1) is 24.2. The number of nitrogens with two attached hydrogens (primary N) is 1. The number of halogens is 1. The van der Waals surface area contributed by atoms with Crippen molar-refractivity contribution < 1.29 is 19.7 Å². The molecule has 0 saturated carbocycles. The van der Waals surface area contributed by atoms with E-state index in [-0.39, 0.29) is 23.6 Å². The zero-order valence-electron chi connectivity index (χ0n) is 17.1. The lowest BCUT2D eigenvalue weighted by Crippen LogP contribution is -2.58. The number of carbonyl (C=O) groups is 1. The SMILES string of the molecule is CCC1CC(C(=O)NC(C(C)Cl)C2CC(O)[C@H](O)[C@@H](SC)O2)CN(CCN)C1. The first-order chi connectivity index (χ1) is 13.3. The maximum absolute atomic E-state index is 13.1. The summed E-state index contributed by atoms with van der Waals surface area (Å²) in [6.45, 7) is 7.03. The molecule has 8 atom stereocenters. The van der Waals surface area contributed by atoms with Crippen molar-refractivity contribution in [2.75, 3.05) is 32.4 Å². The van der Waals surface area contributed by atoms with Gasteiger partial charge in [-0.1, -0.05) is 13.3 Å². The number of alkyl halides is 1. The summed E-state index contributed by atoms with van der Waals surface area (Å²) < 4.78 is 5.96. The first-order valence-corrected chi connectivity index (χ1v) is 11.9. The molecular weight excluding hydrogens is 402 g/mol. The molecule has 0 bridgehead atoms. The fraction of sp³-hybridized carbons (Fsp3) is 0.947. The van der Waals surface area contributed by atoms with Crippen molar-refractivity contribution in [1.82, 2.24) is 10.2 Å². The molecule has 0 radical (unpaired) electrons. The molecule has 2 saturated heterocycles. The van der Waals surface area contributed by atoms with E-state index in [1.54, 1.807) is 0 Å². The third-order valence-corrected chi connectivity index (χ3v) is 7.02. The maximum Gasteiger partial charge on any atom is 0.224 e. The lowest BCUT2D eigenvalue weighted by atomic mass is 9.86. The number of hydrogen-bond donors (Lipinski definition) is 4. The normalized spacial score (nSPS) is 36.7. The maximum atomic E-state index is 13.1. The van der Waals surface area contributed by atoms with E-state index in [2.05, 4.69) is 17.1 Å². The van der Waals surface area contributed by atoms with Gasteiger partial charge in [-0.3, -0.25) is 4.79 Å². The van der Waals surface area contributed by atoms with Gasteiger partial charge in [0.1, 0.15) is 11.5 Å². The molecule has 28 heavy (non-hydrogen) atoms. The first-order valence-electron chi connectivity index (χ1n) is 10.2. The van der Waals surface area contributed by atoms with Gasteiger partial charge in [0, 0.05) is 32.6 Å². The highest BCUT2D eigenvalue weighted by atomic mass is 35.5. The van der Waals surface area contributed by atoms with Crippen LogP contribution >= 0.6 is 23.4 Å². The number of aliphatic hydroxyl groups is 2. The minimum Gasteiger partial charge on any atom is -0.390 e. The van der Waals surface area contributed by atoms with Crippen LogP contribution in [-0.2, 0) is 9.53 Å². The minimum atomic E-state index is -0.943. The van der Waals surface area contributed by atoms with Crippen molar-refractivity contribution in [2.45, 2.75) is 68.3 Å². The Balaban J connectivity index is 2.05. The van der Waals surface area contributed by atoms with Gasteiger partial charge >= 0.3 is 0 Å². The molecule has 0 aromatic heterocycles. The third kappa shape index (κ3) is 6.20. The number of amides is 1. The molecule has 0 spiro atoms. The molecule has 5 N–H and O–H groups in total. The largest absolute Gasteiger partial charge is 0.390 e. The standard InChI is InChI=1S/C19H36ClN3O4S/c1-4-12-7-13(10-23(9-12)6-5-21)18(26)22-16(11(2)20)15-8-14(24)17(25)19(27-15)28-3/h11-17,19,24-25H,4-10,21H2,1-3H3,(H,22,26)/t11?,12?,13?,14?,15?,16?,17-,19+/m0/s1. The van der Waals surface area contributed by atoms with Crippen LogP contribution in [0.4, 0.5) is 0 Å². The van der Waals surface area contributed by atoms with Crippen LogP contribution in [0.1, 0.15) is 33.1 Å². The molecule has 2 aliphatic heterocycles. The van der Waals surface area contributed by atoms with Gasteiger partial charge < -0.3 is 30.9 Å². The average molecular weight is 438 g/mol. The molecule has 6 unspecified atom stereocenters. The number of nitrogens with one attached hydrogen (secondary N) is 1. The van der Waals surface area contributed by atoms with E-state index in [1.807, 2.05) is 13.2 Å². The highest BCUT2D eigenvalue weighted by molar-refractivity contribution is 7.99. The Morgan fingerprint density at radius 2 is 2.11 bits per heavy atom. The Bertz CT molecular complexity index is 502. The molecule has 2 rings (SSSR count). The highest BCUT2D eigenvalue weighted by Gasteiger charge is 2.42. The molecular formula is C19H36ClN3O4S. The van der Waals surface area contributed by atoms with Crippen LogP contribution in [0.3, 0.4) is 0 Å². The van der Waals surface area contributed by atoms with E-state index in [0.29, 0.717) is 19.0 Å². The van der Waals surface area contributed by atoms with Crippen molar-refractivity contribution in [2.24, 2.45) is 17.6 Å². The number of thioether (sulfide) groups is 1. The summed E-state index contributed by atoms with van der Waals surface area (Å²) >= 11 is 7.74.